The molecule has 1 aliphatic heterocycles. The highest BCUT2D eigenvalue weighted by molar-refractivity contribution is 5.75. The first-order valence-electron chi connectivity index (χ1n) is 7.85. The highest BCUT2D eigenvalue weighted by Crippen LogP contribution is 2.22. The molecule has 2 amide bonds. The summed E-state index contributed by atoms with van der Waals surface area (Å²) in [5.74, 6) is 0. The Morgan fingerprint density at radius 3 is 2.21 bits per heavy atom. The Kier molecular flexibility index (Phi) is 6.63. The number of nitrogens with two attached hydrogens (primary N) is 1. The van der Waals surface area contributed by atoms with Crippen LogP contribution in [0.4, 0.5) is 4.79 Å². The van der Waals surface area contributed by atoms with Gasteiger partial charge in [0.1, 0.15) is 0 Å². The number of hydrogen-bond donors (Lipinski definition) is 1. The number of rotatable bonds is 5. The van der Waals surface area contributed by atoms with Crippen LogP contribution in [0.5, 0.6) is 0 Å². The van der Waals surface area contributed by atoms with Crippen molar-refractivity contribution in [1.29, 1.82) is 0 Å². The maximum Gasteiger partial charge on any atom is 0.320 e. The average Bonchev–Trinajstić information content (AvgIpc) is 2.72. The molecule has 19 heavy (non-hydrogen) atoms. The molecule has 1 unspecified atom stereocenters. The molecule has 1 rings (SSSR count). The first kappa shape index (κ1) is 16.3. The number of carbonyl (C=O) groups excluding carboxylic acids is 1. The van der Waals surface area contributed by atoms with E-state index in [0.717, 1.165) is 45.3 Å². The van der Waals surface area contributed by atoms with E-state index in [0.29, 0.717) is 6.54 Å². The van der Waals surface area contributed by atoms with E-state index >= 15 is 0 Å². The lowest BCUT2D eigenvalue weighted by atomic mass is 9.96. The molecule has 0 saturated carbocycles. The minimum Gasteiger partial charge on any atom is -0.328 e. The quantitative estimate of drug-likeness (QED) is 0.834. The Morgan fingerprint density at radius 1 is 1.21 bits per heavy atom. The SMILES string of the molecule is CCCN(C(=O)N1CCCCCC1)C(C)(CC)CN. The molecular weight excluding hydrogens is 238 g/mol. The summed E-state index contributed by atoms with van der Waals surface area (Å²) < 4.78 is 0. The van der Waals surface area contributed by atoms with E-state index in [4.69, 9.17) is 5.73 Å². The van der Waals surface area contributed by atoms with Gasteiger partial charge in [-0.25, -0.2) is 4.79 Å². The summed E-state index contributed by atoms with van der Waals surface area (Å²) in [6.45, 7) is 9.49. The van der Waals surface area contributed by atoms with E-state index in [9.17, 15) is 4.79 Å². The zero-order valence-electron chi connectivity index (χ0n) is 13.0. The van der Waals surface area contributed by atoms with Gasteiger partial charge < -0.3 is 15.5 Å². The second-order valence-electron chi connectivity index (χ2n) is 5.89. The summed E-state index contributed by atoms with van der Waals surface area (Å²) in [4.78, 5) is 16.8. The van der Waals surface area contributed by atoms with Gasteiger partial charge in [-0.3, -0.25) is 0 Å². The largest absolute Gasteiger partial charge is 0.328 e. The number of amides is 2. The number of nitrogens with zero attached hydrogens (tertiary/aromatic N) is 2. The van der Waals surface area contributed by atoms with E-state index in [2.05, 4.69) is 20.8 Å². The fourth-order valence-electron chi connectivity index (χ4n) is 2.70. The van der Waals surface area contributed by atoms with Crippen LogP contribution in [0.25, 0.3) is 0 Å². The summed E-state index contributed by atoms with van der Waals surface area (Å²) in [6, 6.07) is 0.193. The smallest absolute Gasteiger partial charge is 0.320 e. The number of carbonyl (C=O) groups is 1. The van der Waals surface area contributed by atoms with Gasteiger partial charge in [0.2, 0.25) is 0 Å². The third-order valence-corrected chi connectivity index (χ3v) is 4.41. The van der Waals surface area contributed by atoms with Crippen molar-refractivity contribution in [2.45, 2.75) is 64.8 Å². The maximum absolute atomic E-state index is 12.8. The van der Waals surface area contributed by atoms with Crippen molar-refractivity contribution < 1.29 is 4.79 Å². The summed E-state index contributed by atoms with van der Waals surface area (Å²) in [6.07, 6.45) is 6.66. The van der Waals surface area contributed by atoms with Gasteiger partial charge in [0.25, 0.3) is 0 Å². The summed E-state index contributed by atoms with van der Waals surface area (Å²) in [5, 5.41) is 0. The summed E-state index contributed by atoms with van der Waals surface area (Å²) in [7, 11) is 0. The lowest BCUT2D eigenvalue weighted by Crippen LogP contribution is -2.58. The molecule has 0 aromatic rings. The van der Waals surface area contributed by atoms with Gasteiger partial charge in [0, 0.05) is 26.2 Å². The molecule has 0 aromatic heterocycles. The molecule has 0 aliphatic carbocycles. The zero-order chi connectivity index (χ0) is 14.3. The molecular formula is C15H31N3O. The third-order valence-electron chi connectivity index (χ3n) is 4.41. The maximum atomic E-state index is 12.8. The van der Waals surface area contributed by atoms with Crippen molar-refractivity contribution in [2.24, 2.45) is 5.73 Å². The Hall–Kier alpha value is -0.770. The van der Waals surface area contributed by atoms with Gasteiger partial charge in [-0.15, -0.1) is 0 Å². The Balaban J connectivity index is 2.81. The first-order valence-corrected chi connectivity index (χ1v) is 7.85. The fourth-order valence-corrected chi connectivity index (χ4v) is 2.70. The predicted molar refractivity (Wildman–Crippen MR) is 80.2 cm³/mol. The zero-order valence-corrected chi connectivity index (χ0v) is 13.0. The van der Waals surface area contributed by atoms with Crippen LogP contribution in [-0.2, 0) is 0 Å². The van der Waals surface area contributed by atoms with Gasteiger partial charge in [0.05, 0.1) is 5.54 Å². The van der Waals surface area contributed by atoms with Gasteiger partial charge in [-0.1, -0.05) is 26.7 Å². The molecule has 1 saturated heterocycles. The molecule has 1 aliphatic rings. The van der Waals surface area contributed by atoms with Crippen LogP contribution < -0.4 is 5.73 Å². The molecule has 0 aromatic carbocycles. The molecule has 1 fully saturated rings. The molecule has 0 bridgehead atoms. The van der Waals surface area contributed by atoms with E-state index in [1.807, 2.05) is 9.80 Å². The third kappa shape index (κ3) is 4.10. The normalized spacial score (nSPS) is 19.7. The Morgan fingerprint density at radius 2 is 1.79 bits per heavy atom. The van der Waals surface area contributed by atoms with Crippen molar-refractivity contribution in [2.75, 3.05) is 26.2 Å². The van der Waals surface area contributed by atoms with Crippen LogP contribution in [0.2, 0.25) is 0 Å². The van der Waals surface area contributed by atoms with Crippen LogP contribution in [0.1, 0.15) is 59.3 Å². The van der Waals surface area contributed by atoms with Crippen molar-refractivity contribution in [3.8, 4) is 0 Å². The van der Waals surface area contributed by atoms with Crippen LogP contribution in [-0.4, -0.2) is 47.5 Å². The second kappa shape index (κ2) is 7.73. The van der Waals surface area contributed by atoms with Gasteiger partial charge >= 0.3 is 6.03 Å². The highest BCUT2D eigenvalue weighted by atomic mass is 16.2. The van der Waals surface area contributed by atoms with Crippen molar-refractivity contribution in [3.63, 3.8) is 0 Å². The van der Waals surface area contributed by atoms with E-state index in [1.165, 1.54) is 12.8 Å². The molecule has 112 valence electrons. The van der Waals surface area contributed by atoms with Crippen molar-refractivity contribution in [3.05, 3.63) is 0 Å². The fraction of sp³-hybridized carbons (Fsp3) is 0.933. The monoisotopic (exact) mass is 269 g/mol. The molecule has 4 nitrogen and oxygen atoms in total. The lowest BCUT2D eigenvalue weighted by Gasteiger charge is -2.42. The van der Waals surface area contributed by atoms with Gasteiger partial charge in [-0.2, -0.15) is 0 Å². The first-order chi connectivity index (χ1) is 9.09. The van der Waals surface area contributed by atoms with E-state index < -0.39 is 0 Å². The average molecular weight is 269 g/mol. The molecule has 1 atom stereocenters. The van der Waals surface area contributed by atoms with Gasteiger partial charge in [-0.05, 0) is 32.6 Å². The number of urea groups is 1. The standard InChI is InChI=1S/C15H31N3O/c1-4-10-18(15(3,5-2)13-16)14(19)17-11-8-6-7-9-12-17/h4-13,16H2,1-3H3. The highest BCUT2D eigenvalue weighted by Gasteiger charge is 2.34. The lowest BCUT2D eigenvalue weighted by molar-refractivity contribution is 0.0942. The van der Waals surface area contributed by atoms with Crippen LogP contribution in [0.3, 0.4) is 0 Å². The minimum atomic E-state index is -0.209. The van der Waals surface area contributed by atoms with Crippen LogP contribution in [0, 0.1) is 0 Å². The second-order valence-corrected chi connectivity index (χ2v) is 5.89. The topological polar surface area (TPSA) is 49.6 Å². The molecule has 0 radical (unpaired) electrons. The predicted octanol–water partition coefficient (Wildman–Crippen LogP) is 2.82. The van der Waals surface area contributed by atoms with E-state index in [-0.39, 0.29) is 11.6 Å². The van der Waals surface area contributed by atoms with Crippen LogP contribution in [0.15, 0.2) is 0 Å². The van der Waals surface area contributed by atoms with Crippen LogP contribution >= 0.6 is 0 Å². The number of likely N-dealkylation sites (tertiary alicyclic amines) is 1. The minimum absolute atomic E-state index is 0.193. The van der Waals surface area contributed by atoms with Gasteiger partial charge in [0.15, 0.2) is 0 Å². The summed E-state index contributed by atoms with van der Waals surface area (Å²) >= 11 is 0. The van der Waals surface area contributed by atoms with Crippen molar-refractivity contribution in [1.82, 2.24) is 9.80 Å². The van der Waals surface area contributed by atoms with Crippen molar-refractivity contribution >= 4 is 6.03 Å². The molecule has 1 heterocycles. The van der Waals surface area contributed by atoms with E-state index in [1.54, 1.807) is 0 Å². The molecule has 0 spiro atoms. The Labute approximate surface area is 118 Å². The summed E-state index contributed by atoms with van der Waals surface area (Å²) in [5.41, 5.74) is 5.73. The molecule has 4 heteroatoms. The molecule has 2 N–H and O–H groups in total. The Bertz CT molecular complexity index is 269. The number of hydrogen-bond acceptors (Lipinski definition) is 2.